The van der Waals surface area contributed by atoms with E-state index in [1.807, 2.05) is 55.1 Å². The maximum Gasteiger partial charge on any atom is 0.323 e. The summed E-state index contributed by atoms with van der Waals surface area (Å²) in [4.78, 5) is 14.9. The summed E-state index contributed by atoms with van der Waals surface area (Å²) >= 11 is 0. The number of hydrogen-bond donors (Lipinski definition) is 4. The monoisotopic (exact) mass is 502 g/mol. The zero-order valence-corrected chi connectivity index (χ0v) is 21.5. The minimum atomic E-state index is -0.427. The summed E-state index contributed by atoms with van der Waals surface area (Å²) in [5.41, 5.74) is 3.91. The molecule has 0 radical (unpaired) electrons. The van der Waals surface area contributed by atoms with Crippen molar-refractivity contribution < 1.29 is 14.3 Å². The minimum Gasteiger partial charge on any atom is -0.506 e. The van der Waals surface area contributed by atoms with Crippen LogP contribution in [0, 0.1) is 5.82 Å². The molecule has 0 bridgehead atoms. The number of rotatable bonds is 6. The molecule has 0 spiro atoms. The van der Waals surface area contributed by atoms with Crippen LogP contribution in [0.4, 0.5) is 31.9 Å². The number of urea groups is 1. The first kappa shape index (κ1) is 25.1. The lowest BCUT2D eigenvalue weighted by molar-refractivity contribution is 0.262. The zero-order chi connectivity index (χ0) is 26.0. The highest BCUT2D eigenvalue weighted by molar-refractivity contribution is 6.02. The number of amides is 2. The molecule has 2 aliphatic rings. The van der Waals surface area contributed by atoms with Gasteiger partial charge in [-0.15, -0.1) is 0 Å². The molecule has 0 atom stereocenters. The van der Waals surface area contributed by atoms with E-state index in [4.69, 9.17) is 0 Å². The van der Waals surface area contributed by atoms with Gasteiger partial charge < -0.3 is 26.0 Å². The number of nitrogens with one attached hydrogen (secondary N) is 3. The van der Waals surface area contributed by atoms with E-state index in [1.54, 1.807) is 0 Å². The van der Waals surface area contributed by atoms with Crippen molar-refractivity contribution in [3.05, 3.63) is 77.6 Å². The second-order valence-corrected chi connectivity index (χ2v) is 10.1. The lowest BCUT2D eigenvalue weighted by Crippen LogP contribution is -2.31. The van der Waals surface area contributed by atoms with Crippen LogP contribution in [0.1, 0.15) is 56.6 Å². The van der Waals surface area contributed by atoms with E-state index in [1.165, 1.54) is 17.7 Å². The highest BCUT2D eigenvalue weighted by Crippen LogP contribution is 2.53. The number of carbonyl (C=O) groups is 1. The van der Waals surface area contributed by atoms with Gasteiger partial charge in [-0.05, 0) is 86.7 Å². The van der Waals surface area contributed by atoms with E-state index in [2.05, 4.69) is 28.1 Å². The number of anilines is 4. The first-order valence-electron chi connectivity index (χ1n) is 13.2. The van der Waals surface area contributed by atoms with Gasteiger partial charge in [0.1, 0.15) is 11.6 Å². The van der Waals surface area contributed by atoms with Crippen molar-refractivity contribution in [3.63, 3.8) is 0 Å². The Labute approximate surface area is 217 Å². The predicted molar refractivity (Wildman–Crippen MR) is 148 cm³/mol. The Balaban J connectivity index is 1.37. The number of phenols is 1. The van der Waals surface area contributed by atoms with Gasteiger partial charge in [-0.1, -0.05) is 38.1 Å². The summed E-state index contributed by atoms with van der Waals surface area (Å²) in [6.45, 7) is 6.69. The van der Waals surface area contributed by atoms with E-state index in [0.29, 0.717) is 35.1 Å². The highest BCUT2D eigenvalue weighted by atomic mass is 19.1. The van der Waals surface area contributed by atoms with Crippen LogP contribution < -0.4 is 20.9 Å². The minimum absolute atomic E-state index is 0.0354. The van der Waals surface area contributed by atoms with Crippen LogP contribution >= 0.6 is 0 Å². The molecule has 1 saturated heterocycles. The molecule has 0 saturated carbocycles. The number of nitrogens with zero attached hydrogens (tertiary/aromatic N) is 1. The van der Waals surface area contributed by atoms with Crippen molar-refractivity contribution in [2.24, 2.45) is 0 Å². The van der Waals surface area contributed by atoms with E-state index in [9.17, 15) is 9.90 Å². The lowest BCUT2D eigenvalue weighted by atomic mass is 9.77. The average Bonchev–Trinajstić information content (AvgIpc) is 3.29. The summed E-state index contributed by atoms with van der Waals surface area (Å²) in [7, 11) is 0. The van der Waals surface area contributed by atoms with Gasteiger partial charge in [0.25, 0.3) is 0 Å². The molecule has 0 aliphatic carbocycles. The van der Waals surface area contributed by atoms with E-state index in [0.717, 1.165) is 44.5 Å². The molecule has 4 N–H and O–H groups in total. The second-order valence-electron chi connectivity index (χ2n) is 10.1. The van der Waals surface area contributed by atoms with Crippen molar-refractivity contribution in [2.75, 3.05) is 35.2 Å². The molecular weight excluding hydrogens is 467 g/mol. The van der Waals surface area contributed by atoms with E-state index >= 15 is 4.39 Å². The van der Waals surface area contributed by atoms with Gasteiger partial charge in [0.15, 0.2) is 0 Å². The van der Waals surface area contributed by atoms with Crippen molar-refractivity contribution >= 4 is 28.8 Å². The van der Waals surface area contributed by atoms with Gasteiger partial charge in [0.2, 0.25) is 0 Å². The number of phenolic OH excluding ortho intramolecular Hbond substituents is 1. The number of fused-ring (bicyclic) bond motifs is 1. The standard InChI is InChI=1S/C30H35FN4O2/c1-3-30(4-2)19-35(28-26(36)14-13-23(31)27(28)30)25-8-6-5-7-24(25)34-29(37)33-22-11-9-20(10-12-22)21-15-17-32-18-16-21/h5-14,21,32,36H,3-4,15-19H2,1-2H3,(H2,33,34,37). The fourth-order valence-electron chi connectivity index (χ4n) is 5.92. The van der Waals surface area contributed by atoms with Crippen LogP contribution in [0.25, 0.3) is 0 Å². The van der Waals surface area contributed by atoms with Gasteiger partial charge in [-0.2, -0.15) is 0 Å². The summed E-state index contributed by atoms with van der Waals surface area (Å²) in [6, 6.07) is 17.9. The number of para-hydroxylation sites is 2. The van der Waals surface area contributed by atoms with Crippen LogP contribution in [-0.4, -0.2) is 30.8 Å². The summed E-state index contributed by atoms with van der Waals surface area (Å²) < 4.78 is 15.1. The third kappa shape index (κ3) is 4.76. The Kier molecular flexibility index (Phi) is 7.07. The van der Waals surface area contributed by atoms with Gasteiger partial charge in [0, 0.05) is 23.2 Å². The molecule has 6 nitrogen and oxygen atoms in total. The van der Waals surface area contributed by atoms with Gasteiger partial charge >= 0.3 is 6.03 Å². The number of piperidine rings is 1. The number of benzene rings is 3. The highest BCUT2D eigenvalue weighted by Gasteiger charge is 2.45. The van der Waals surface area contributed by atoms with Crippen molar-refractivity contribution in [2.45, 2.75) is 50.9 Å². The smallest absolute Gasteiger partial charge is 0.323 e. The zero-order valence-electron chi connectivity index (χ0n) is 21.5. The number of halogens is 1. The Morgan fingerprint density at radius 3 is 2.43 bits per heavy atom. The number of aromatic hydroxyl groups is 1. The Morgan fingerprint density at radius 1 is 1.03 bits per heavy atom. The quantitative estimate of drug-likeness (QED) is 0.297. The Bertz CT molecular complexity index is 1270. The summed E-state index contributed by atoms with van der Waals surface area (Å²) in [6.07, 6.45) is 3.72. The third-order valence-corrected chi connectivity index (χ3v) is 8.14. The Morgan fingerprint density at radius 2 is 1.73 bits per heavy atom. The molecule has 7 heteroatoms. The fraction of sp³-hybridized carbons (Fsp3) is 0.367. The lowest BCUT2D eigenvalue weighted by Gasteiger charge is -2.29. The maximum absolute atomic E-state index is 15.1. The predicted octanol–water partition coefficient (Wildman–Crippen LogP) is 6.85. The molecule has 2 aliphatic heterocycles. The number of carbonyl (C=O) groups excluding carboxylic acids is 1. The van der Waals surface area contributed by atoms with Crippen LogP contribution in [-0.2, 0) is 5.41 Å². The summed E-state index contributed by atoms with van der Waals surface area (Å²) in [5, 5.41) is 20.1. The molecule has 0 aromatic heterocycles. The third-order valence-electron chi connectivity index (χ3n) is 8.14. The molecule has 1 fully saturated rings. The van der Waals surface area contributed by atoms with Crippen molar-refractivity contribution in [1.82, 2.24) is 5.32 Å². The van der Waals surface area contributed by atoms with Gasteiger partial charge in [-0.25, -0.2) is 9.18 Å². The van der Waals surface area contributed by atoms with Gasteiger partial charge in [-0.3, -0.25) is 0 Å². The van der Waals surface area contributed by atoms with Crippen molar-refractivity contribution in [3.8, 4) is 5.75 Å². The molecule has 37 heavy (non-hydrogen) atoms. The molecule has 3 aromatic rings. The van der Waals surface area contributed by atoms with Crippen LogP contribution in [0.3, 0.4) is 0 Å². The summed E-state index contributed by atoms with van der Waals surface area (Å²) in [5.74, 6) is 0.280. The van der Waals surface area contributed by atoms with Crippen LogP contribution in [0.2, 0.25) is 0 Å². The Hall–Kier alpha value is -3.58. The van der Waals surface area contributed by atoms with Gasteiger partial charge in [0.05, 0.1) is 17.1 Å². The fourth-order valence-corrected chi connectivity index (χ4v) is 5.92. The normalized spacial score (nSPS) is 16.9. The maximum atomic E-state index is 15.1. The topological polar surface area (TPSA) is 76.6 Å². The molecule has 2 amide bonds. The molecular formula is C30H35FN4O2. The molecule has 5 rings (SSSR count). The van der Waals surface area contributed by atoms with Crippen LogP contribution in [0.15, 0.2) is 60.7 Å². The molecule has 2 heterocycles. The SMILES string of the molecule is CCC1(CC)CN(c2ccccc2NC(=O)Nc2ccc(C3CCNCC3)cc2)c2c(O)ccc(F)c21. The molecule has 3 aromatic carbocycles. The second kappa shape index (κ2) is 10.4. The number of hydrogen-bond acceptors (Lipinski definition) is 4. The van der Waals surface area contributed by atoms with E-state index in [-0.39, 0.29) is 17.6 Å². The molecule has 194 valence electrons. The van der Waals surface area contributed by atoms with Crippen LogP contribution in [0.5, 0.6) is 5.75 Å². The first-order valence-corrected chi connectivity index (χ1v) is 13.2. The largest absolute Gasteiger partial charge is 0.506 e. The first-order chi connectivity index (χ1) is 18.0. The molecule has 0 unspecified atom stereocenters. The van der Waals surface area contributed by atoms with Crippen molar-refractivity contribution in [1.29, 1.82) is 0 Å². The average molecular weight is 503 g/mol. The van der Waals surface area contributed by atoms with E-state index < -0.39 is 5.41 Å².